The van der Waals surface area contributed by atoms with Crippen molar-refractivity contribution in [1.29, 1.82) is 0 Å². The zero-order valence-corrected chi connectivity index (χ0v) is 35.2. The number of nitrogens with zero attached hydrogens (tertiary/aromatic N) is 3. The molecule has 7 amide bonds. The normalized spacial score (nSPS) is 18.6. The molecule has 2 aliphatic rings. The Hall–Kier alpha value is -6.00. The lowest BCUT2D eigenvalue weighted by Crippen LogP contribution is -2.60. The summed E-state index contributed by atoms with van der Waals surface area (Å²) in [6, 6.07) is -1.20. The molecule has 2 fully saturated rings. The van der Waals surface area contributed by atoms with Crippen LogP contribution in [-0.2, 0) is 51.2 Å². The first-order valence-electron chi connectivity index (χ1n) is 20.4. The van der Waals surface area contributed by atoms with E-state index in [0.717, 1.165) is 10.9 Å². The third-order valence-electron chi connectivity index (χ3n) is 11.1. The molecule has 12 N–H and O–H groups in total. The molecule has 2 aliphatic heterocycles. The number of nitrogens with one attached hydrogen (secondary N) is 6. The molecule has 2 aromatic heterocycles. The third kappa shape index (κ3) is 12.1. The van der Waals surface area contributed by atoms with Crippen LogP contribution in [0.4, 0.5) is 0 Å². The Kier molecular flexibility index (Phi) is 16.8. The Morgan fingerprint density at radius 2 is 1.47 bits per heavy atom. The van der Waals surface area contributed by atoms with E-state index in [0.29, 0.717) is 29.9 Å². The second-order valence-corrected chi connectivity index (χ2v) is 16.4. The summed E-state index contributed by atoms with van der Waals surface area (Å²) in [6.45, 7) is -0.313. The second kappa shape index (κ2) is 22.2. The number of nitrogens with two attached hydrogens (primary N) is 2. The molecule has 0 saturated carbocycles. The molecule has 3 aromatic rings. The van der Waals surface area contributed by atoms with Gasteiger partial charge in [0, 0.05) is 61.3 Å². The topological polar surface area (TPSA) is 328 Å². The van der Waals surface area contributed by atoms with Gasteiger partial charge in [0.2, 0.25) is 41.4 Å². The van der Waals surface area contributed by atoms with Crippen molar-refractivity contribution in [2.24, 2.45) is 11.5 Å². The van der Waals surface area contributed by atoms with Gasteiger partial charge in [-0.2, -0.15) is 11.8 Å². The van der Waals surface area contributed by atoms with Crippen LogP contribution < -0.4 is 32.7 Å². The van der Waals surface area contributed by atoms with Crippen molar-refractivity contribution in [3.05, 3.63) is 54.2 Å². The van der Waals surface area contributed by atoms with Gasteiger partial charge in [0.25, 0.3) is 0 Å². The molecular weight excluding hydrogens is 827 g/mol. The third-order valence-corrected chi connectivity index (χ3v) is 11.7. The van der Waals surface area contributed by atoms with Crippen molar-refractivity contribution < 1.29 is 48.6 Å². The standard InChI is InChI=1S/C40H55N11O10S/c1-62-15-12-27(46-36(56)29(48-34(54)25(41)20-52)16-22-18-44-26-7-3-2-6-24(22)26)35(55)49-30(17-23-19-43-21-45-23)37(57)47-28(10-11-33(42)53)38(58)50-13-4-8-31(50)39(59)51-14-5-9-32(51)40(60)61/h2-3,6-7,18-19,21,25,27-32,44,52H,4-5,8-17,20,41H2,1H3,(H2,42,53)(H,43,45)(H,46,56)(H,47,57)(H,48,54)(H,49,55)(H,60,61)/t25-,27-,28-,29-,30-,31-,32-/m0/s1. The van der Waals surface area contributed by atoms with Crippen LogP contribution in [0, 0.1) is 0 Å². The molecule has 0 radical (unpaired) electrons. The lowest BCUT2D eigenvalue weighted by atomic mass is 10.0. The van der Waals surface area contributed by atoms with Gasteiger partial charge in [-0.1, -0.05) is 18.2 Å². The number of hydrogen-bond acceptors (Lipinski definition) is 12. The first-order valence-corrected chi connectivity index (χ1v) is 21.8. The minimum Gasteiger partial charge on any atom is -0.480 e. The van der Waals surface area contributed by atoms with E-state index < -0.39 is 96.2 Å². The monoisotopic (exact) mass is 881 g/mol. The number of carbonyl (C=O) groups excluding carboxylic acids is 7. The second-order valence-electron chi connectivity index (χ2n) is 15.4. The van der Waals surface area contributed by atoms with Crippen LogP contribution >= 0.6 is 11.8 Å². The molecule has 336 valence electrons. The Morgan fingerprint density at radius 3 is 2.13 bits per heavy atom. The van der Waals surface area contributed by atoms with E-state index in [1.165, 1.54) is 34.1 Å². The van der Waals surface area contributed by atoms with Crippen molar-refractivity contribution in [1.82, 2.24) is 46.0 Å². The lowest BCUT2D eigenvalue weighted by molar-refractivity contribution is -0.152. The number of rotatable bonds is 22. The Morgan fingerprint density at radius 1 is 0.839 bits per heavy atom. The van der Waals surface area contributed by atoms with E-state index in [-0.39, 0.29) is 58.0 Å². The summed E-state index contributed by atoms with van der Waals surface area (Å²) in [7, 11) is 0. The maximum Gasteiger partial charge on any atom is 0.326 e. The largest absolute Gasteiger partial charge is 0.480 e. The summed E-state index contributed by atoms with van der Waals surface area (Å²) >= 11 is 1.40. The number of H-pyrrole nitrogens is 2. The quantitative estimate of drug-likeness (QED) is 0.0524. The van der Waals surface area contributed by atoms with E-state index >= 15 is 0 Å². The molecule has 0 bridgehead atoms. The number of hydrogen-bond donors (Lipinski definition) is 10. The number of likely N-dealkylation sites (tertiary alicyclic amines) is 2. The number of aliphatic hydroxyl groups is 1. The summed E-state index contributed by atoms with van der Waals surface area (Å²) in [4.78, 5) is 120. The number of carbonyl (C=O) groups is 8. The number of carboxylic acids is 1. The minimum atomic E-state index is -1.37. The average Bonchev–Trinajstić information content (AvgIpc) is 4.10. The average molecular weight is 882 g/mol. The number of fused-ring (bicyclic) bond motifs is 1. The van der Waals surface area contributed by atoms with Gasteiger partial charge >= 0.3 is 5.97 Å². The molecule has 0 spiro atoms. The van der Waals surface area contributed by atoms with Crippen LogP contribution in [-0.4, -0.2) is 156 Å². The SMILES string of the molecule is CSCC[C@H](NC(=O)[C@H](Cc1c[nH]c2ccccc12)NC(=O)[C@@H](N)CO)C(=O)N[C@@H](Cc1cnc[nH]1)C(=O)N[C@@H](CCC(N)=O)C(=O)N1CCC[C@H]1C(=O)N1CCC[C@H]1C(=O)O. The zero-order chi connectivity index (χ0) is 44.9. The molecule has 0 aliphatic carbocycles. The number of aromatic amines is 2. The molecule has 1 aromatic carbocycles. The van der Waals surface area contributed by atoms with E-state index in [2.05, 4.69) is 36.2 Å². The number of aromatic nitrogens is 3. The molecule has 4 heterocycles. The van der Waals surface area contributed by atoms with E-state index in [1.54, 1.807) is 12.5 Å². The Labute approximate surface area is 361 Å². The van der Waals surface area contributed by atoms with Crippen LogP contribution in [0.3, 0.4) is 0 Å². The van der Waals surface area contributed by atoms with Gasteiger partial charge in [-0.3, -0.25) is 33.6 Å². The summed E-state index contributed by atoms with van der Waals surface area (Å²) in [5, 5.41) is 30.7. The minimum absolute atomic E-state index is 0.0101. The summed E-state index contributed by atoms with van der Waals surface area (Å²) in [6.07, 6.45) is 7.20. The summed E-state index contributed by atoms with van der Waals surface area (Å²) in [5.41, 5.74) is 13.1. The Bertz CT molecular complexity index is 2080. The van der Waals surface area contributed by atoms with Crippen LogP contribution in [0.1, 0.15) is 56.2 Å². The number of thioether (sulfide) groups is 1. The van der Waals surface area contributed by atoms with Crippen molar-refractivity contribution in [3.63, 3.8) is 0 Å². The number of amides is 7. The number of aliphatic carboxylic acids is 1. The predicted molar refractivity (Wildman–Crippen MR) is 226 cm³/mol. The van der Waals surface area contributed by atoms with Crippen LogP contribution in [0.5, 0.6) is 0 Å². The summed E-state index contributed by atoms with van der Waals surface area (Å²) < 4.78 is 0. The predicted octanol–water partition coefficient (Wildman–Crippen LogP) is -1.98. The number of benzene rings is 1. The van der Waals surface area contributed by atoms with Gasteiger partial charge in [-0.25, -0.2) is 9.78 Å². The highest BCUT2D eigenvalue weighted by atomic mass is 32.2. The van der Waals surface area contributed by atoms with E-state index in [4.69, 9.17) is 11.5 Å². The first-order chi connectivity index (χ1) is 29.7. The Balaban J connectivity index is 1.36. The molecule has 21 nitrogen and oxygen atoms in total. The van der Waals surface area contributed by atoms with Crippen molar-refractivity contribution in [3.8, 4) is 0 Å². The fourth-order valence-corrected chi connectivity index (χ4v) is 8.22. The number of aliphatic hydroxyl groups excluding tert-OH is 1. The molecule has 7 atom stereocenters. The van der Waals surface area contributed by atoms with Crippen molar-refractivity contribution in [2.75, 3.05) is 31.7 Å². The highest BCUT2D eigenvalue weighted by molar-refractivity contribution is 7.98. The maximum atomic E-state index is 14.2. The fourth-order valence-electron chi connectivity index (χ4n) is 7.75. The first kappa shape index (κ1) is 47.1. The van der Waals surface area contributed by atoms with Crippen LogP contribution in [0.15, 0.2) is 43.0 Å². The molecule has 62 heavy (non-hydrogen) atoms. The summed E-state index contributed by atoms with van der Waals surface area (Å²) in [5.74, 6) is -5.81. The van der Waals surface area contributed by atoms with Gasteiger partial charge < -0.3 is 62.7 Å². The van der Waals surface area contributed by atoms with Crippen LogP contribution in [0.25, 0.3) is 10.9 Å². The van der Waals surface area contributed by atoms with Gasteiger partial charge in [-0.15, -0.1) is 0 Å². The number of carboxylic acid groups (broad SMARTS) is 1. The highest BCUT2D eigenvalue weighted by Gasteiger charge is 2.44. The smallest absolute Gasteiger partial charge is 0.326 e. The molecule has 5 rings (SSSR count). The van der Waals surface area contributed by atoms with Gasteiger partial charge in [0.1, 0.15) is 42.3 Å². The van der Waals surface area contributed by atoms with Gasteiger partial charge in [-0.05, 0) is 62.2 Å². The maximum absolute atomic E-state index is 14.2. The van der Waals surface area contributed by atoms with Gasteiger partial charge in [0.15, 0.2) is 0 Å². The molecular formula is C40H55N11O10S. The van der Waals surface area contributed by atoms with E-state index in [9.17, 15) is 48.6 Å². The highest BCUT2D eigenvalue weighted by Crippen LogP contribution is 2.26. The van der Waals surface area contributed by atoms with E-state index in [1.807, 2.05) is 24.3 Å². The molecule has 22 heteroatoms. The van der Waals surface area contributed by atoms with Gasteiger partial charge in [0.05, 0.1) is 12.9 Å². The van der Waals surface area contributed by atoms with Crippen molar-refractivity contribution in [2.45, 2.75) is 100 Å². The lowest BCUT2D eigenvalue weighted by Gasteiger charge is -2.32. The number of para-hydroxylation sites is 1. The van der Waals surface area contributed by atoms with Crippen molar-refractivity contribution >= 4 is 70.0 Å². The fraction of sp³-hybridized carbons (Fsp3) is 0.525. The number of imidazole rings is 1. The molecule has 2 saturated heterocycles. The zero-order valence-electron chi connectivity index (χ0n) is 34.3. The molecule has 0 unspecified atom stereocenters. The van der Waals surface area contributed by atoms with Crippen LogP contribution in [0.2, 0.25) is 0 Å². The number of primary amides is 1.